The van der Waals surface area contributed by atoms with Gasteiger partial charge in [-0.1, -0.05) is 6.07 Å². The summed E-state index contributed by atoms with van der Waals surface area (Å²) in [6.07, 6.45) is -7.53. The van der Waals surface area contributed by atoms with E-state index >= 15 is 0 Å². The number of ether oxygens (including phenoxy) is 5. The zero-order chi connectivity index (χ0) is 25.7. The number of aromatic hydroxyl groups is 2. The number of carbonyl (C=O) groups is 2. The number of aliphatic hydroxyl groups is 3. The third kappa shape index (κ3) is 6.31. The van der Waals surface area contributed by atoms with Crippen LogP contribution in [0.15, 0.2) is 36.4 Å². The van der Waals surface area contributed by atoms with Gasteiger partial charge in [0.2, 0.25) is 6.29 Å². The molecule has 2 aromatic carbocycles. The molecule has 1 saturated heterocycles. The van der Waals surface area contributed by atoms with E-state index in [0.29, 0.717) is 5.56 Å². The van der Waals surface area contributed by atoms with Crippen molar-refractivity contribution in [1.29, 1.82) is 0 Å². The molecule has 0 aromatic heterocycles. The van der Waals surface area contributed by atoms with Crippen molar-refractivity contribution in [2.75, 3.05) is 13.7 Å². The summed E-state index contributed by atoms with van der Waals surface area (Å²) >= 11 is 0. The van der Waals surface area contributed by atoms with Crippen LogP contribution in [0.2, 0.25) is 0 Å². The lowest BCUT2D eigenvalue weighted by atomic mass is 9.99. The smallest absolute Gasteiger partial charge is 0.338 e. The number of benzene rings is 2. The van der Waals surface area contributed by atoms with Gasteiger partial charge in [0.05, 0.1) is 12.7 Å². The number of hydrogen-bond donors (Lipinski definition) is 5. The van der Waals surface area contributed by atoms with Gasteiger partial charge in [-0.05, 0) is 35.9 Å². The van der Waals surface area contributed by atoms with Gasteiger partial charge in [0.15, 0.2) is 23.0 Å². The van der Waals surface area contributed by atoms with Gasteiger partial charge in [-0.15, -0.1) is 0 Å². The number of carbonyl (C=O) groups excluding carboxylic acids is 2. The van der Waals surface area contributed by atoms with E-state index < -0.39 is 42.6 Å². The molecule has 5 N–H and O–H groups in total. The quantitative estimate of drug-likeness (QED) is 0.315. The molecule has 0 unspecified atom stereocenters. The predicted octanol–water partition coefficient (Wildman–Crippen LogP) is 0.213. The molecule has 1 aliphatic heterocycles. The van der Waals surface area contributed by atoms with Crippen molar-refractivity contribution in [2.45, 2.75) is 44.2 Å². The van der Waals surface area contributed by atoms with Crippen LogP contribution < -0.4 is 9.47 Å². The zero-order valence-corrected chi connectivity index (χ0v) is 18.9. The second-order valence-electron chi connectivity index (χ2n) is 7.70. The molecular formula is C23H26O12. The normalized spacial score (nSPS) is 23.9. The molecule has 12 nitrogen and oxygen atoms in total. The van der Waals surface area contributed by atoms with E-state index in [1.165, 1.54) is 43.5 Å². The lowest BCUT2D eigenvalue weighted by Crippen LogP contribution is -2.60. The maximum atomic E-state index is 12.3. The highest BCUT2D eigenvalue weighted by atomic mass is 16.7. The Morgan fingerprint density at radius 3 is 2.31 bits per heavy atom. The summed E-state index contributed by atoms with van der Waals surface area (Å²) in [6.45, 7) is 0.573. The van der Waals surface area contributed by atoms with Crippen LogP contribution in [0.4, 0.5) is 0 Å². The van der Waals surface area contributed by atoms with Crippen LogP contribution in [0.5, 0.6) is 23.0 Å². The summed E-state index contributed by atoms with van der Waals surface area (Å²) in [7, 11) is 1.34. The Kier molecular flexibility index (Phi) is 8.35. The number of methoxy groups -OCH3 is 1. The van der Waals surface area contributed by atoms with E-state index in [4.69, 9.17) is 23.7 Å². The minimum absolute atomic E-state index is 0.110. The molecule has 0 amide bonds. The molecule has 2 aromatic rings. The van der Waals surface area contributed by atoms with Crippen LogP contribution in [-0.4, -0.2) is 81.9 Å². The van der Waals surface area contributed by atoms with E-state index in [1.807, 2.05) is 0 Å². The molecule has 190 valence electrons. The van der Waals surface area contributed by atoms with Gasteiger partial charge in [-0.25, -0.2) is 4.79 Å². The molecule has 5 atom stereocenters. The van der Waals surface area contributed by atoms with Crippen molar-refractivity contribution >= 4 is 11.9 Å². The molecule has 3 rings (SSSR count). The number of rotatable bonds is 8. The van der Waals surface area contributed by atoms with Crippen molar-refractivity contribution in [1.82, 2.24) is 0 Å². The summed E-state index contributed by atoms with van der Waals surface area (Å²) in [4.78, 5) is 23.3. The minimum Gasteiger partial charge on any atom is -0.504 e. The molecule has 1 heterocycles. The van der Waals surface area contributed by atoms with Crippen molar-refractivity contribution in [2.24, 2.45) is 0 Å². The second kappa shape index (κ2) is 11.2. The zero-order valence-electron chi connectivity index (χ0n) is 18.9. The molecular weight excluding hydrogens is 468 g/mol. The molecule has 0 aliphatic carbocycles. The first-order valence-corrected chi connectivity index (χ1v) is 10.5. The Morgan fingerprint density at radius 2 is 1.66 bits per heavy atom. The van der Waals surface area contributed by atoms with E-state index in [1.54, 1.807) is 0 Å². The molecule has 0 radical (unpaired) electrons. The summed E-state index contributed by atoms with van der Waals surface area (Å²) in [5, 5.41) is 50.2. The summed E-state index contributed by atoms with van der Waals surface area (Å²) < 4.78 is 25.8. The molecule has 0 saturated carbocycles. The molecule has 35 heavy (non-hydrogen) atoms. The number of phenols is 2. The summed E-state index contributed by atoms with van der Waals surface area (Å²) in [6, 6.07) is 8.05. The van der Waals surface area contributed by atoms with Crippen LogP contribution in [0.1, 0.15) is 22.8 Å². The van der Waals surface area contributed by atoms with Crippen LogP contribution in [0.3, 0.4) is 0 Å². The van der Waals surface area contributed by atoms with Gasteiger partial charge in [0.25, 0.3) is 0 Å². The minimum atomic E-state index is -1.67. The second-order valence-corrected chi connectivity index (χ2v) is 7.70. The Bertz CT molecular complexity index is 1050. The fourth-order valence-corrected chi connectivity index (χ4v) is 3.27. The van der Waals surface area contributed by atoms with Crippen molar-refractivity contribution in [3.8, 4) is 23.0 Å². The van der Waals surface area contributed by atoms with Crippen LogP contribution in [0.25, 0.3) is 0 Å². The molecule has 12 heteroatoms. The van der Waals surface area contributed by atoms with Crippen molar-refractivity contribution in [3.05, 3.63) is 47.5 Å². The highest BCUT2D eigenvalue weighted by molar-refractivity contribution is 5.90. The third-order valence-corrected chi connectivity index (χ3v) is 5.17. The Balaban J connectivity index is 1.63. The van der Waals surface area contributed by atoms with Crippen LogP contribution in [-0.2, 0) is 25.6 Å². The topological polar surface area (TPSA) is 181 Å². The average molecular weight is 494 g/mol. The first-order chi connectivity index (χ1) is 16.6. The van der Waals surface area contributed by atoms with Gasteiger partial charge >= 0.3 is 11.9 Å². The Hall–Kier alpha value is -3.58. The van der Waals surface area contributed by atoms with Gasteiger partial charge in [0.1, 0.15) is 37.6 Å². The number of phenolic OH excluding ortho intramolecular Hbond substituents is 2. The fraction of sp³-hybridized carbons (Fsp3) is 0.391. The van der Waals surface area contributed by atoms with E-state index in [-0.39, 0.29) is 41.8 Å². The first-order valence-electron chi connectivity index (χ1n) is 10.5. The van der Waals surface area contributed by atoms with E-state index in [9.17, 15) is 35.1 Å². The number of aliphatic hydroxyl groups excluding tert-OH is 3. The monoisotopic (exact) mass is 494 g/mol. The van der Waals surface area contributed by atoms with Gasteiger partial charge in [-0.2, -0.15) is 0 Å². The van der Waals surface area contributed by atoms with Gasteiger partial charge in [0, 0.05) is 6.92 Å². The number of hydrogen-bond acceptors (Lipinski definition) is 12. The average Bonchev–Trinajstić information content (AvgIpc) is 2.83. The Labute approximate surface area is 199 Å². The maximum Gasteiger partial charge on any atom is 0.338 e. The van der Waals surface area contributed by atoms with Gasteiger partial charge in [-0.3, -0.25) is 4.79 Å². The van der Waals surface area contributed by atoms with E-state index in [0.717, 1.165) is 6.92 Å². The lowest BCUT2D eigenvalue weighted by molar-refractivity contribution is -0.278. The van der Waals surface area contributed by atoms with E-state index in [2.05, 4.69) is 0 Å². The highest BCUT2D eigenvalue weighted by Gasteiger charge is 2.45. The van der Waals surface area contributed by atoms with Crippen molar-refractivity contribution < 1.29 is 58.8 Å². The van der Waals surface area contributed by atoms with Gasteiger partial charge < -0.3 is 49.2 Å². The standard InChI is InChI=1S/C23H26O12/c1-11(24)32-10-18-19(27)20(28)21(29)23(35-18)34-16-6-3-12(7-15(16)26)9-33-22(30)13-4-5-14(25)17(8-13)31-2/h3-8,18-21,23,25-29H,9-10H2,1-2H3/t18-,19-,20+,21+,23+/m0/s1. The summed E-state index contributed by atoms with van der Waals surface area (Å²) in [5.74, 6) is -1.83. The Morgan fingerprint density at radius 1 is 0.914 bits per heavy atom. The molecule has 1 fully saturated rings. The number of esters is 2. The summed E-state index contributed by atoms with van der Waals surface area (Å²) in [5.41, 5.74) is 0.554. The molecule has 0 bridgehead atoms. The third-order valence-electron chi connectivity index (χ3n) is 5.17. The SMILES string of the molecule is COc1cc(C(=O)OCc2ccc(O[C@@H]3O[C@@H](COC(C)=O)[C@H](O)[C@@H](O)[C@H]3O)c(O)c2)ccc1O. The fourth-order valence-electron chi connectivity index (χ4n) is 3.27. The largest absolute Gasteiger partial charge is 0.504 e. The molecule has 1 aliphatic rings. The maximum absolute atomic E-state index is 12.3. The lowest BCUT2D eigenvalue weighted by Gasteiger charge is -2.39. The molecule has 0 spiro atoms. The van der Waals surface area contributed by atoms with Crippen molar-refractivity contribution in [3.63, 3.8) is 0 Å². The van der Waals surface area contributed by atoms with Crippen LogP contribution >= 0.6 is 0 Å². The predicted molar refractivity (Wildman–Crippen MR) is 116 cm³/mol. The first kappa shape index (κ1) is 26.0. The highest BCUT2D eigenvalue weighted by Crippen LogP contribution is 2.32. The van der Waals surface area contributed by atoms with Crippen LogP contribution in [0, 0.1) is 0 Å².